The minimum atomic E-state index is -4.00. The van der Waals surface area contributed by atoms with Crippen molar-refractivity contribution in [1.82, 2.24) is 4.31 Å². The first-order chi connectivity index (χ1) is 9.07. The molecule has 0 aliphatic heterocycles. The van der Waals surface area contributed by atoms with Gasteiger partial charge in [0.25, 0.3) is 0 Å². The monoisotopic (exact) mass is 364 g/mol. The number of rotatable bonds is 5. The summed E-state index contributed by atoms with van der Waals surface area (Å²) < 4.78 is 25.8. The largest absolute Gasteiger partial charge is 0.478 e. The minimum Gasteiger partial charge on any atom is -0.478 e. The van der Waals surface area contributed by atoms with Crippen molar-refractivity contribution < 1.29 is 23.1 Å². The molecule has 0 aliphatic carbocycles. The van der Waals surface area contributed by atoms with Gasteiger partial charge >= 0.3 is 5.97 Å². The third-order valence-electron chi connectivity index (χ3n) is 2.61. The van der Waals surface area contributed by atoms with Gasteiger partial charge in [0.2, 0.25) is 15.9 Å². The van der Waals surface area contributed by atoms with Crippen LogP contribution in [0.1, 0.15) is 15.9 Å². The summed E-state index contributed by atoms with van der Waals surface area (Å²) in [5, 5.41) is 8.97. The molecule has 0 unspecified atom stereocenters. The molecule has 1 aromatic rings. The molecule has 0 fully saturated rings. The molecule has 0 aromatic heterocycles. The van der Waals surface area contributed by atoms with Crippen molar-refractivity contribution in [2.24, 2.45) is 5.73 Å². The number of hydrogen-bond acceptors (Lipinski definition) is 4. The lowest BCUT2D eigenvalue weighted by molar-refractivity contribution is -0.118. The Morgan fingerprint density at radius 1 is 1.40 bits per heavy atom. The molecule has 20 heavy (non-hydrogen) atoms. The number of carbonyl (C=O) groups is 2. The molecule has 1 rings (SSSR count). The highest BCUT2D eigenvalue weighted by molar-refractivity contribution is 9.10. The minimum absolute atomic E-state index is 0.173. The molecular weight excluding hydrogens is 352 g/mol. The van der Waals surface area contributed by atoms with Crippen molar-refractivity contribution in [1.29, 1.82) is 0 Å². The van der Waals surface area contributed by atoms with Gasteiger partial charge < -0.3 is 10.8 Å². The number of aromatic carboxylic acids is 1. The predicted molar refractivity (Wildman–Crippen MR) is 74.8 cm³/mol. The van der Waals surface area contributed by atoms with E-state index in [2.05, 4.69) is 15.9 Å². The van der Waals surface area contributed by atoms with E-state index >= 15 is 0 Å². The fourth-order valence-electron chi connectivity index (χ4n) is 1.52. The summed E-state index contributed by atoms with van der Waals surface area (Å²) in [5.74, 6) is -2.05. The molecule has 0 heterocycles. The molecular formula is C11H13BrN2O5S. The summed E-state index contributed by atoms with van der Waals surface area (Å²) in [4.78, 5) is 21.6. The number of likely N-dealkylation sites (N-methyl/N-ethyl adjacent to an activating group) is 1. The number of halogens is 1. The summed E-state index contributed by atoms with van der Waals surface area (Å²) >= 11 is 3.12. The second-order valence-electron chi connectivity index (χ2n) is 4.11. The lowest BCUT2D eigenvalue weighted by Crippen LogP contribution is -2.35. The van der Waals surface area contributed by atoms with E-state index < -0.39 is 28.4 Å². The van der Waals surface area contributed by atoms with Gasteiger partial charge in [0, 0.05) is 11.5 Å². The van der Waals surface area contributed by atoms with Crippen LogP contribution in [0, 0.1) is 6.92 Å². The van der Waals surface area contributed by atoms with Gasteiger partial charge in [0.15, 0.2) is 0 Å². The molecule has 7 nitrogen and oxygen atoms in total. The van der Waals surface area contributed by atoms with Crippen molar-refractivity contribution >= 4 is 37.8 Å². The quantitative estimate of drug-likeness (QED) is 0.791. The molecule has 0 saturated heterocycles. The van der Waals surface area contributed by atoms with Crippen LogP contribution in [0.4, 0.5) is 0 Å². The van der Waals surface area contributed by atoms with Crippen LogP contribution in [0.3, 0.4) is 0 Å². The zero-order chi connectivity index (χ0) is 15.7. The highest BCUT2D eigenvalue weighted by atomic mass is 79.9. The molecule has 1 aromatic carbocycles. The van der Waals surface area contributed by atoms with E-state index in [9.17, 15) is 18.0 Å². The number of sulfonamides is 1. The van der Waals surface area contributed by atoms with E-state index in [0.717, 1.165) is 10.4 Å². The van der Waals surface area contributed by atoms with Gasteiger partial charge in [-0.3, -0.25) is 4.79 Å². The molecule has 0 spiro atoms. The average molecular weight is 365 g/mol. The van der Waals surface area contributed by atoms with E-state index in [1.807, 2.05) is 0 Å². The Balaban J connectivity index is 3.45. The Morgan fingerprint density at radius 2 is 1.95 bits per heavy atom. The predicted octanol–water partition coefficient (Wildman–Crippen LogP) is 0.562. The normalized spacial score (nSPS) is 11.6. The number of hydrogen-bond donors (Lipinski definition) is 2. The summed E-state index contributed by atoms with van der Waals surface area (Å²) in [6, 6.07) is 2.36. The van der Waals surface area contributed by atoms with E-state index in [4.69, 9.17) is 10.8 Å². The topological polar surface area (TPSA) is 118 Å². The fraction of sp³-hybridized carbons (Fsp3) is 0.273. The summed E-state index contributed by atoms with van der Waals surface area (Å²) in [6.45, 7) is 1.04. The van der Waals surface area contributed by atoms with Crippen LogP contribution in [0.2, 0.25) is 0 Å². The zero-order valence-corrected chi connectivity index (χ0v) is 13.2. The van der Waals surface area contributed by atoms with Gasteiger partial charge in [-0.15, -0.1) is 0 Å². The van der Waals surface area contributed by atoms with Crippen molar-refractivity contribution in [3.63, 3.8) is 0 Å². The zero-order valence-electron chi connectivity index (χ0n) is 10.8. The van der Waals surface area contributed by atoms with E-state index in [1.54, 1.807) is 0 Å². The van der Waals surface area contributed by atoms with Crippen LogP contribution >= 0.6 is 15.9 Å². The maximum atomic E-state index is 12.3. The summed E-state index contributed by atoms with van der Waals surface area (Å²) in [6.07, 6.45) is 0. The van der Waals surface area contributed by atoms with Gasteiger partial charge in [0.1, 0.15) is 0 Å². The highest BCUT2D eigenvalue weighted by Crippen LogP contribution is 2.27. The second-order valence-corrected chi connectivity index (χ2v) is 6.98. The Hall–Kier alpha value is -1.45. The average Bonchev–Trinajstić information content (AvgIpc) is 2.30. The Morgan fingerprint density at radius 3 is 2.40 bits per heavy atom. The van der Waals surface area contributed by atoms with Crippen LogP contribution < -0.4 is 5.73 Å². The number of carbonyl (C=O) groups excluding carboxylic acids is 1. The molecule has 0 saturated carbocycles. The van der Waals surface area contributed by atoms with Crippen LogP contribution in [0.15, 0.2) is 21.5 Å². The standard InChI is InChI=1S/C11H13BrN2O5S/c1-6-8(12)3-7(11(16)17)4-9(6)20(18,19)14(2)5-10(13)15/h3-4H,5H2,1-2H3,(H2,13,15)(H,16,17). The molecule has 0 atom stereocenters. The molecule has 3 N–H and O–H groups in total. The number of nitrogens with two attached hydrogens (primary N) is 1. The smallest absolute Gasteiger partial charge is 0.335 e. The van der Waals surface area contributed by atoms with E-state index in [-0.39, 0.29) is 10.5 Å². The number of carboxylic acids is 1. The van der Waals surface area contributed by atoms with Crippen molar-refractivity contribution in [2.45, 2.75) is 11.8 Å². The van der Waals surface area contributed by atoms with Gasteiger partial charge in [-0.05, 0) is 24.6 Å². The molecule has 110 valence electrons. The lowest BCUT2D eigenvalue weighted by atomic mass is 10.1. The maximum Gasteiger partial charge on any atom is 0.335 e. The number of primary amides is 1. The Bertz CT molecular complexity index is 672. The van der Waals surface area contributed by atoms with Gasteiger partial charge in [-0.2, -0.15) is 4.31 Å². The summed E-state index contributed by atoms with van der Waals surface area (Å²) in [7, 11) is -2.81. The first kappa shape index (κ1) is 16.6. The van der Waals surface area contributed by atoms with E-state index in [1.165, 1.54) is 20.0 Å². The van der Waals surface area contributed by atoms with Crippen molar-refractivity contribution in [2.75, 3.05) is 13.6 Å². The SMILES string of the molecule is Cc1c(Br)cc(C(=O)O)cc1S(=O)(=O)N(C)CC(N)=O. The number of amides is 1. The highest BCUT2D eigenvalue weighted by Gasteiger charge is 2.26. The van der Waals surface area contributed by atoms with Crippen molar-refractivity contribution in [3.8, 4) is 0 Å². The van der Waals surface area contributed by atoms with Gasteiger partial charge in [-0.25, -0.2) is 13.2 Å². The molecule has 1 amide bonds. The Kier molecular flexibility index (Phi) is 4.90. The molecule has 9 heteroatoms. The van der Waals surface area contributed by atoms with Crippen LogP contribution in [-0.4, -0.2) is 43.3 Å². The summed E-state index contributed by atoms with van der Waals surface area (Å²) in [5.41, 5.74) is 5.15. The lowest BCUT2D eigenvalue weighted by Gasteiger charge is -2.18. The second kappa shape index (κ2) is 5.90. The van der Waals surface area contributed by atoms with Gasteiger partial charge in [0.05, 0.1) is 17.0 Å². The van der Waals surface area contributed by atoms with Crippen molar-refractivity contribution in [3.05, 3.63) is 27.7 Å². The molecule has 0 radical (unpaired) electrons. The van der Waals surface area contributed by atoms with Crippen LogP contribution in [0.25, 0.3) is 0 Å². The number of carboxylic acid groups (broad SMARTS) is 1. The molecule has 0 bridgehead atoms. The number of benzene rings is 1. The van der Waals surface area contributed by atoms with Crippen LogP contribution in [-0.2, 0) is 14.8 Å². The third-order valence-corrected chi connectivity index (χ3v) is 5.36. The maximum absolute atomic E-state index is 12.3. The van der Waals surface area contributed by atoms with Gasteiger partial charge in [-0.1, -0.05) is 15.9 Å². The number of nitrogens with zero attached hydrogens (tertiary/aromatic N) is 1. The van der Waals surface area contributed by atoms with Crippen LogP contribution in [0.5, 0.6) is 0 Å². The fourth-order valence-corrected chi connectivity index (χ4v) is 3.51. The first-order valence-corrected chi connectivity index (χ1v) is 7.58. The Labute approximate surface area is 124 Å². The molecule has 0 aliphatic rings. The first-order valence-electron chi connectivity index (χ1n) is 5.35. The third kappa shape index (κ3) is 3.35. The van der Waals surface area contributed by atoms with E-state index in [0.29, 0.717) is 10.0 Å².